The summed E-state index contributed by atoms with van der Waals surface area (Å²) in [6, 6.07) is 9.61. The monoisotopic (exact) mass is 401 g/mol. The lowest BCUT2D eigenvalue weighted by molar-refractivity contribution is -0.122. The molecule has 2 heterocycles. The van der Waals surface area contributed by atoms with Crippen molar-refractivity contribution < 1.29 is 4.79 Å². The van der Waals surface area contributed by atoms with Crippen LogP contribution in [0.2, 0.25) is 5.02 Å². The van der Waals surface area contributed by atoms with Gasteiger partial charge < -0.3 is 10.2 Å². The van der Waals surface area contributed by atoms with Gasteiger partial charge in [-0.3, -0.25) is 9.69 Å². The average Bonchev–Trinajstić information content (AvgIpc) is 2.67. The number of nitrogens with one attached hydrogen (secondary N) is 1. The van der Waals surface area contributed by atoms with Gasteiger partial charge in [-0.25, -0.2) is 9.97 Å². The zero-order valence-corrected chi connectivity index (χ0v) is 17.5. The number of aryl methyl sites for hydroxylation is 1. The van der Waals surface area contributed by atoms with Crippen molar-refractivity contribution in [1.82, 2.24) is 20.2 Å². The van der Waals surface area contributed by atoms with E-state index in [9.17, 15) is 4.79 Å². The average molecular weight is 402 g/mol. The van der Waals surface area contributed by atoms with Crippen LogP contribution in [0.1, 0.15) is 36.8 Å². The molecule has 0 unspecified atom stereocenters. The zero-order valence-electron chi connectivity index (χ0n) is 16.8. The van der Waals surface area contributed by atoms with Gasteiger partial charge in [-0.15, -0.1) is 0 Å². The molecule has 0 atom stereocenters. The zero-order chi connectivity index (χ0) is 20.1. The molecule has 0 aliphatic carbocycles. The number of amides is 1. The second-order valence-corrected chi connectivity index (χ2v) is 7.92. The Bertz CT molecular complexity index is 818. The molecule has 1 N–H and O–H groups in total. The molecule has 1 aliphatic heterocycles. The van der Waals surface area contributed by atoms with Gasteiger partial charge in [0.15, 0.2) is 0 Å². The molecule has 1 amide bonds. The SMILES string of the molecule is Cc1cc(N2CCN(CC(=O)NCc3ccccc3Cl)CC2)nc(C(C)C)n1. The Hall–Kier alpha value is -2.18. The first-order valence-corrected chi connectivity index (χ1v) is 10.1. The normalized spacial score (nSPS) is 15.1. The number of rotatable bonds is 6. The molecule has 28 heavy (non-hydrogen) atoms. The molecule has 2 aromatic rings. The molecular weight excluding hydrogens is 374 g/mol. The number of aromatic nitrogens is 2. The number of hydrogen-bond acceptors (Lipinski definition) is 5. The highest BCUT2D eigenvalue weighted by Gasteiger charge is 2.21. The van der Waals surface area contributed by atoms with E-state index in [1.54, 1.807) is 0 Å². The lowest BCUT2D eigenvalue weighted by Gasteiger charge is -2.35. The molecule has 1 fully saturated rings. The number of anilines is 1. The summed E-state index contributed by atoms with van der Waals surface area (Å²) in [6.45, 7) is 10.5. The minimum atomic E-state index is 0.0216. The maximum atomic E-state index is 12.3. The van der Waals surface area contributed by atoms with E-state index in [4.69, 9.17) is 16.6 Å². The summed E-state index contributed by atoms with van der Waals surface area (Å²) in [4.78, 5) is 26.0. The molecule has 0 spiro atoms. The van der Waals surface area contributed by atoms with E-state index in [1.807, 2.05) is 37.3 Å². The molecule has 1 aromatic carbocycles. The number of halogens is 1. The second-order valence-electron chi connectivity index (χ2n) is 7.51. The smallest absolute Gasteiger partial charge is 0.234 e. The molecule has 3 rings (SSSR count). The summed E-state index contributed by atoms with van der Waals surface area (Å²) in [5.74, 6) is 2.20. The van der Waals surface area contributed by atoms with Crippen molar-refractivity contribution in [1.29, 1.82) is 0 Å². The van der Waals surface area contributed by atoms with Crippen LogP contribution in [0.3, 0.4) is 0 Å². The Morgan fingerprint density at radius 1 is 1.18 bits per heavy atom. The van der Waals surface area contributed by atoms with Gasteiger partial charge >= 0.3 is 0 Å². The number of nitrogens with zero attached hydrogens (tertiary/aromatic N) is 4. The first-order chi connectivity index (χ1) is 13.4. The lowest BCUT2D eigenvalue weighted by Crippen LogP contribution is -2.49. The minimum absolute atomic E-state index is 0.0216. The van der Waals surface area contributed by atoms with E-state index in [1.165, 1.54) is 0 Å². The van der Waals surface area contributed by atoms with E-state index < -0.39 is 0 Å². The molecule has 1 aliphatic rings. The van der Waals surface area contributed by atoms with E-state index in [2.05, 4.69) is 33.9 Å². The Kier molecular flexibility index (Phi) is 6.86. The van der Waals surface area contributed by atoms with Crippen molar-refractivity contribution in [2.45, 2.75) is 33.2 Å². The summed E-state index contributed by atoms with van der Waals surface area (Å²) in [7, 11) is 0. The van der Waals surface area contributed by atoms with Gasteiger partial charge in [-0.2, -0.15) is 0 Å². The quantitative estimate of drug-likeness (QED) is 0.806. The van der Waals surface area contributed by atoms with Crippen molar-refractivity contribution in [2.24, 2.45) is 0 Å². The van der Waals surface area contributed by atoms with Gasteiger partial charge in [-0.05, 0) is 18.6 Å². The summed E-state index contributed by atoms with van der Waals surface area (Å²) in [5, 5.41) is 3.64. The van der Waals surface area contributed by atoms with Gasteiger partial charge in [0.25, 0.3) is 0 Å². The van der Waals surface area contributed by atoms with Crippen molar-refractivity contribution >= 4 is 23.3 Å². The largest absolute Gasteiger partial charge is 0.354 e. The first kappa shape index (κ1) is 20.6. The molecule has 150 valence electrons. The molecule has 1 saturated heterocycles. The molecule has 7 heteroatoms. The van der Waals surface area contributed by atoms with Crippen LogP contribution in [0.15, 0.2) is 30.3 Å². The number of carbonyl (C=O) groups is 1. The van der Waals surface area contributed by atoms with Gasteiger partial charge in [0.05, 0.1) is 6.54 Å². The van der Waals surface area contributed by atoms with Gasteiger partial charge in [0.1, 0.15) is 11.6 Å². The summed E-state index contributed by atoms with van der Waals surface area (Å²) >= 11 is 6.14. The van der Waals surface area contributed by atoms with Crippen molar-refractivity contribution in [2.75, 3.05) is 37.6 Å². The highest BCUT2D eigenvalue weighted by Crippen LogP contribution is 2.19. The third-order valence-electron chi connectivity index (χ3n) is 4.87. The molecule has 1 aromatic heterocycles. The summed E-state index contributed by atoms with van der Waals surface area (Å²) < 4.78 is 0. The van der Waals surface area contributed by atoms with Crippen LogP contribution in [-0.2, 0) is 11.3 Å². The van der Waals surface area contributed by atoms with Crippen LogP contribution in [0, 0.1) is 6.92 Å². The molecule has 6 nitrogen and oxygen atoms in total. The summed E-state index contributed by atoms with van der Waals surface area (Å²) in [6.07, 6.45) is 0. The van der Waals surface area contributed by atoms with E-state index in [0.29, 0.717) is 24.0 Å². The fourth-order valence-corrected chi connectivity index (χ4v) is 3.43. The Labute approximate surface area is 171 Å². The van der Waals surface area contributed by atoms with Crippen molar-refractivity contribution in [3.05, 3.63) is 52.4 Å². The van der Waals surface area contributed by atoms with Gasteiger partial charge in [0.2, 0.25) is 5.91 Å². The topological polar surface area (TPSA) is 61.4 Å². The predicted octanol–water partition coefficient (Wildman–Crippen LogP) is 3.00. The number of hydrogen-bond donors (Lipinski definition) is 1. The van der Waals surface area contributed by atoms with Crippen LogP contribution in [0.5, 0.6) is 0 Å². The second kappa shape index (κ2) is 9.34. The maximum absolute atomic E-state index is 12.3. The molecular formula is C21H28ClN5O. The van der Waals surface area contributed by atoms with Crippen LogP contribution in [0.25, 0.3) is 0 Å². The van der Waals surface area contributed by atoms with E-state index >= 15 is 0 Å². The standard InChI is InChI=1S/C21H28ClN5O/c1-15(2)21-24-16(3)12-19(25-21)27-10-8-26(9-11-27)14-20(28)23-13-17-6-4-5-7-18(17)22/h4-7,12,15H,8-11,13-14H2,1-3H3,(H,23,28). The number of piperazine rings is 1. The Balaban J connectivity index is 1.49. The predicted molar refractivity (Wildman–Crippen MR) is 113 cm³/mol. The minimum Gasteiger partial charge on any atom is -0.354 e. The maximum Gasteiger partial charge on any atom is 0.234 e. The Morgan fingerprint density at radius 3 is 2.57 bits per heavy atom. The van der Waals surface area contributed by atoms with Crippen molar-refractivity contribution in [3.63, 3.8) is 0 Å². The lowest BCUT2D eigenvalue weighted by atomic mass is 10.2. The molecule has 0 bridgehead atoms. The van der Waals surface area contributed by atoms with Crippen LogP contribution < -0.4 is 10.2 Å². The first-order valence-electron chi connectivity index (χ1n) is 9.75. The highest BCUT2D eigenvalue weighted by molar-refractivity contribution is 6.31. The molecule has 0 saturated carbocycles. The van der Waals surface area contributed by atoms with Crippen LogP contribution >= 0.6 is 11.6 Å². The fourth-order valence-electron chi connectivity index (χ4n) is 3.22. The van der Waals surface area contributed by atoms with Crippen LogP contribution in [0.4, 0.5) is 5.82 Å². The third kappa shape index (κ3) is 5.42. The fraction of sp³-hybridized carbons (Fsp3) is 0.476. The van der Waals surface area contributed by atoms with E-state index in [0.717, 1.165) is 49.1 Å². The summed E-state index contributed by atoms with van der Waals surface area (Å²) in [5.41, 5.74) is 1.93. The van der Waals surface area contributed by atoms with Crippen molar-refractivity contribution in [3.8, 4) is 0 Å². The number of benzene rings is 1. The molecule has 0 radical (unpaired) electrons. The van der Waals surface area contributed by atoms with E-state index in [-0.39, 0.29) is 5.91 Å². The van der Waals surface area contributed by atoms with Crippen LogP contribution in [-0.4, -0.2) is 53.5 Å². The van der Waals surface area contributed by atoms with Gasteiger partial charge in [0, 0.05) is 55.4 Å². The Morgan fingerprint density at radius 2 is 1.89 bits per heavy atom. The van der Waals surface area contributed by atoms with Gasteiger partial charge in [-0.1, -0.05) is 43.6 Å². The highest BCUT2D eigenvalue weighted by atomic mass is 35.5. The number of carbonyl (C=O) groups excluding carboxylic acids is 1. The third-order valence-corrected chi connectivity index (χ3v) is 5.24.